The van der Waals surface area contributed by atoms with E-state index in [1.807, 2.05) is 13.0 Å². The van der Waals surface area contributed by atoms with Gasteiger partial charge in [0.1, 0.15) is 0 Å². The van der Waals surface area contributed by atoms with Crippen molar-refractivity contribution in [2.24, 2.45) is 0 Å². The maximum Gasteiger partial charge on any atom is 0.320 e. The molecule has 0 saturated carbocycles. The van der Waals surface area contributed by atoms with E-state index < -0.39 is 0 Å². The van der Waals surface area contributed by atoms with Crippen LogP contribution in [0.25, 0.3) is 0 Å². The topological polar surface area (TPSA) is 29.5 Å². The monoisotopic (exact) mass is 263 g/mol. The van der Waals surface area contributed by atoms with Crippen molar-refractivity contribution in [1.29, 1.82) is 0 Å². The van der Waals surface area contributed by atoms with E-state index in [0.29, 0.717) is 19.2 Å². The van der Waals surface area contributed by atoms with Crippen LogP contribution >= 0.6 is 0 Å². The van der Waals surface area contributed by atoms with Crippen molar-refractivity contribution in [2.45, 2.75) is 39.7 Å². The molecule has 1 aromatic carbocycles. The Morgan fingerprint density at radius 1 is 1.26 bits per heavy atom. The molecule has 0 aliphatic carbocycles. The van der Waals surface area contributed by atoms with Crippen molar-refractivity contribution in [3.8, 4) is 0 Å². The number of aryl methyl sites for hydroxylation is 1. The number of carbonyl (C=O) groups excluding carboxylic acids is 1. The first-order valence-electron chi connectivity index (χ1n) is 7.07. The molecule has 0 aliphatic rings. The van der Waals surface area contributed by atoms with Crippen LogP contribution in [0.4, 0.5) is 0 Å². The van der Waals surface area contributed by atoms with Gasteiger partial charge in [-0.25, -0.2) is 0 Å². The standard InChI is InChI=1S/C16H25NO2/c1-4-19-16(18)13-17(14(2)3)12-8-11-15-9-6-5-7-10-15/h5-7,9-10,14H,4,8,11-13H2,1-3H3. The Labute approximate surface area is 116 Å². The molecule has 0 fully saturated rings. The Balaban J connectivity index is 2.35. The predicted molar refractivity (Wildman–Crippen MR) is 78.1 cm³/mol. The van der Waals surface area contributed by atoms with Gasteiger partial charge in [0, 0.05) is 6.04 Å². The van der Waals surface area contributed by atoms with Gasteiger partial charge in [-0.2, -0.15) is 0 Å². The lowest BCUT2D eigenvalue weighted by molar-refractivity contribution is -0.144. The summed E-state index contributed by atoms with van der Waals surface area (Å²) in [4.78, 5) is 13.7. The Bertz CT molecular complexity index is 362. The highest BCUT2D eigenvalue weighted by atomic mass is 16.5. The molecule has 0 aliphatic heterocycles. The van der Waals surface area contributed by atoms with Gasteiger partial charge in [0.15, 0.2) is 0 Å². The molecular weight excluding hydrogens is 238 g/mol. The van der Waals surface area contributed by atoms with Crippen LogP contribution in [-0.2, 0) is 16.0 Å². The predicted octanol–water partition coefficient (Wildman–Crippen LogP) is 2.89. The third-order valence-electron chi connectivity index (χ3n) is 3.12. The van der Waals surface area contributed by atoms with Gasteiger partial charge in [-0.1, -0.05) is 30.3 Å². The lowest BCUT2D eigenvalue weighted by Gasteiger charge is -2.25. The summed E-state index contributed by atoms with van der Waals surface area (Å²) < 4.78 is 5.01. The normalized spacial score (nSPS) is 11.0. The highest BCUT2D eigenvalue weighted by Crippen LogP contribution is 2.06. The second-order valence-corrected chi connectivity index (χ2v) is 4.96. The van der Waals surface area contributed by atoms with E-state index in [4.69, 9.17) is 4.74 Å². The van der Waals surface area contributed by atoms with Gasteiger partial charge in [0.25, 0.3) is 0 Å². The Morgan fingerprint density at radius 3 is 2.53 bits per heavy atom. The first-order valence-corrected chi connectivity index (χ1v) is 7.07. The molecule has 0 saturated heterocycles. The average molecular weight is 263 g/mol. The lowest BCUT2D eigenvalue weighted by atomic mass is 10.1. The molecule has 0 radical (unpaired) electrons. The molecule has 0 atom stereocenters. The quantitative estimate of drug-likeness (QED) is 0.675. The Morgan fingerprint density at radius 2 is 1.95 bits per heavy atom. The Kier molecular flexibility index (Phi) is 7.19. The van der Waals surface area contributed by atoms with Crippen LogP contribution in [0.2, 0.25) is 0 Å². The van der Waals surface area contributed by atoms with Crippen LogP contribution in [0.15, 0.2) is 30.3 Å². The minimum absolute atomic E-state index is 0.129. The van der Waals surface area contributed by atoms with Crippen LogP contribution < -0.4 is 0 Å². The van der Waals surface area contributed by atoms with Crippen LogP contribution in [0.3, 0.4) is 0 Å². The molecule has 1 aromatic rings. The zero-order valence-corrected chi connectivity index (χ0v) is 12.3. The molecule has 0 bridgehead atoms. The van der Waals surface area contributed by atoms with Gasteiger partial charge in [-0.05, 0) is 45.7 Å². The molecule has 106 valence electrons. The summed E-state index contributed by atoms with van der Waals surface area (Å²) in [6.07, 6.45) is 2.11. The average Bonchev–Trinajstić information content (AvgIpc) is 2.39. The van der Waals surface area contributed by atoms with Gasteiger partial charge < -0.3 is 4.74 Å². The fourth-order valence-corrected chi connectivity index (χ4v) is 2.02. The van der Waals surface area contributed by atoms with E-state index >= 15 is 0 Å². The van der Waals surface area contributed by atoms with Crippen LogP contribution in [0.1, 0.15) is 32.8 Å². The van der Waals surface area contributed by atoms with E-state index in [-0.39, 0.29) is 5.97 Å². The fraction of sp³-hybridized carbons (Fsp3) is 0.562. The molecule has 3 heteroatoms. The number of carbonyl (C=O) groups is 1. The number of rotatable bonds is 8. The summed E-state index contributed by atoms with van der Waals surface area (Å²) in [5, 5.41) is 0. The van der Waals surface area contributed by atoms with E-state index in [1.165, 1.54) is 5.56 Å². The second-order valence-electron chi connectivity index (χ2n) is 4.96. The second kappa shape index (κ2) is 8.70. The van der Waals surface area contributed by atoms with Gasteiger partial charge in [0.2, 0.25) is 0 Å². The number of esters is 1. The van der Waals surface area contributed by atoms with Gasteiger partial charge in [0.05, 0.1) is 13.2 Å². The first kappa shape index (κ1) is 15.7. The molecule has 1 rings (SSSR count). The fourth-order valence-electron chi connectivity index (χ4n) is 2.02. The molecule has 0 heterocycles. The number of nitrogens with zero attached hydrogens (tertiary/aromatic N) is 1. The Hall–Kier alpha value is -1.35. The van der Waals surface area contributed by atoms with Crippen molar-refractivity contribution in [3.05, 3.63) is 35.9 Å². The zero-order chi connectivity index (χ0) is 14.1. The number of hydrogen-bond acceptors (Lipinski definition) is 3. The summed E-state index contributed by atoms with van der Waals surface area (Å²) in [6, 6.07) is 10.8. The smallest absolute Gasteiger partial charge is 0.320 e. The molecule has 19 heavy (non-hydrogen) atoms. The summed E-state index contributed by atoms with van der Waals surface area (Å²) >= 11 is 0. The van der Waals surface area contributed by atoms with E-state index in [0.717, 1.165) is 19.4 Å². The van der Waals surface area contributed by atoms with Crippen molar-refractivity contribution >= 4 is 5.97 Å². The first-order chi connectivity index (χ1) is 9.13. The van der Waals surface area contributed by atoms with Gasteiger partial charge >= 0.3 is 5.97 Å². The molecular formula is C16H25NO2. The van der Waals surface area contributed by atoms with Crippen molar-refractivity contribution < 1.29 is 9.53 Å². The van der Waals surface area contributed by atoms with Crippen molar-refractivity contribution in [1.82, 2.24) is 4.90 Å². The molecule has 0 spiro atoms. The third kappa shape index (κ3) is 6.39. The highest BCUT2D eigenvalue weighted by Gasteiger charge is 2.14. The summed E-state index contributed by atoms with van der Waals surface area (Å²) in [5.41, 5.74) is 1.35. The van der Waals surface area contributed by atoms with Gasteiger partial charge in [-0.3, -0.25) is 9.69 Å². The van der Waals surface area contributed by atoms with Crippen molar-refractivity contribution in [2.75, 3.05) is 19.7 Å². The maximum atomic E-state index is 11.5. The third-order valence-corrected chi connectivity index (χ3v) is 3.12. The molecule has 0 unspecified atom stereocenters. The molecule has 0 N–H and O–H groups in total. The SMILES string of the molecule is CCOC(=O)CN(CCCc1ccccc1)C(C)C. The van der Waals surface area contributed by atoms with Crippen LogP contribution in [0.5, 0.6) is 0 Å². The minimum atomic E-state index is -0.129. The minimum Gasteiger partial charge on any atom is -0.465 e. The van der Waals surface area contributed by atoms with E-state index in [2.05, 4.69) is 43.0 Å². The lowest BCUT2D eigenvalue weighted by Crippen LogP contribution is -2.37. The molecule has 0 amide bonds. The van der Waals surface area contributed by atoms with Gasteiger partial charge in [-0.15, -0.1) is 0 Å². The maximum absolute atomic E-state index is 11.5. The number of ether oxygens (including phenoxy) is 1. The largest absolute Gasteiger partial charge is 0.465 e. The summed E-state index contributed by atoms with van der Waals surface area (Å²) in [7, 11) is 0. The summed E-state index contributed by atoms with van der Waals surface area (Å²) in [6.45, 7) is 7.83. The number of hydrogen-bond donors (Lipinski definition) is 0. The zero-order valence-electron chi connectivity index (χ0n) is 12.3. The van der Waals surface area contributed by atoms with Crippen LogP contribution in [0, 0.1) is 0 Å². The van der Waals surface area contributed by atoms with E-state index in [1.54, 1.807) is 0 Å². The molecule has 0 aromatic heterocycles. The molecule has 3 nitrogen and oxygen atoms in total. The van der Waals surface area contributed by atoms with Crippen LogP contribution in [-0.4, -0.2) is 36.6 Å². The summed E-state index contributed by atoms with van der Waals surface area (Å²) in [5.74, 6) is -0.129. The highest BCUT2D eigenvalue weighted by molar-refractivity contribution is 5.71. The number of benzene rings is 1. The van der Waals surface area contributed by atoms with Crippen molar-refractivity contribution in [3.63, 3.8) is 0 Å². The van der Waals surface area contributed by atoms with E-state index in [9.17, 15) is 4.79 Å².